The van der Waals surface area contributed by atoms with Crippen molar-refractivity contribution in [2.75, 3.05) is 45.8 Å². The third-order valence-corrected chi connectivity index (χ3v) is 7.44. The zero-order chi connectivity index (χ0) is 23.3. The van der Waals surface area contributed by atoms with Gasteiger partial charge in [-0.15, -0.1) is 37.2 Å². The Morgan fingerprint density at radius 1 is 1.03 bits per heavy atom. The second kappa shape index (κ2) is 15.4. The number of rotatable bonds is 8. The summed E-state index contributed by atoms with van der Waals surface area (Å²) in [5.74, 6) is -1.64. The van der Waals surface area contributed by atoms with Gasteiger partial charge in [0.1, 0.15) is 5.72 Å². The minimum absolute atomic E-state index is 0. The van der Waals surface area contributed by atoms with Gasteiger partial charge in [0.15, 0.2) is 5.78 Å². The normalized spacial score (nSPS) is 23.9. The van der Waals surface area contributed by atoms with Crippen LogP contribution in [-0.2, 0) is 20.9 Å². The number of piperidine rings is 2. The van der Waals surface area contributed by atoms with Gasteiger partial charge in [-0.2, -0.15) is 0 Å². The van der Waals surface area contributed by atoms with Gasteiger partial charge in [-0.3, -0.25) is 19.5 Å². The predicted molar refractivity (Wildman–Crippen MR) is 147 cm³/mol. The molecule has 0 aromatic heterocycles. The molecule has 36 heavy (non-hydrogen) atoms. The fourth-order valence-electron chi connectivity index (χ4n) is 5.67. The maximum Gasteiger partial charge on any atom is 0.340 e. The van der Waals surface area contributed by atoms with Gasteiger partial charge in [0.2, 0.25) is 6.10 Å². The summed E-state index contributed by atoms with van der Waals surface area (Å²) in [6.45, 7) is 8.41. The maximum atomic E-state index is 12.0. The fraction of sp³-hybridized carbons (Fsp3) is 0.680. The molecule has 11 heteroatoms. The Hall–Kier alpha value is -0.970. The monoisotopic (exact) mass is 566 g/mol. The first-order chi connectivity index (χ1) is 16.0. The van der Waals surface area contributed by atoms with Crippen molar-refractivity contribution in [1.82, 2.24) is 20.0 Å². The number of ketones is 1. The summed E-state index contributed by atoms with van der Waals surface area (Å²) in [7, 11) is 0. The van der Waals surface area contributed by atoms with Crippen LogP contribution in [-0.4, -0.2) is 95.4 Å². The molecule has 0 bridgehead atoms. The largest absolute Gasteiger partial charge is 0.479 e. The molecule has 3 aliphatic rings. The Balaban J connectivity index is 0.00000216. The standard InChI is InChI=1S/C25H38N4O4.3ClH/c1-20(30)23(24(31)32)33-25(10-12-26-13-11-25)29-17-15-27(16-18-29)22-9-5-6-14-28(22)19-21-7-3-2-4-8-21;;;/h2-4,7-8,22-23,26H,5-6,9-19H2,1H3,(H,31,32);3*1H. The van der Waals surface area contributed by atoms with Crippen LogP contribution in [0.15, 0.2) is 30.3 Å². The van der Waals surface area contributed by atoms with E-state index >= 15 is 0 Å². The van der Waals surface area contributed by atoms with E-state index in [4.69, 9.17) is 4.74 Å². The van der Waals surface area contributed by atoms with Gasteiger partial charge in [0.05, 0.1) is 6.17 Å². The predicted octanol–water partition coefficient (Wildman–Crippen LogP) is 3.02. The molecule has 3 fully saturated rings. The quantitative estimate of drug-likeness (QED) is 0.464. The van der Waals surface area contributed by atoms with Crippen molar-refractivity contribution >= 4 is 49.0 Å². The number of carboxylic acids is 1. The highest BCUT2D eigenvalue weighted by molar-refractivity contribution is 5.99. The number of aliphatic carboxylic acids is 1. The molecule has 0 aliphatic carbocycles. The molecule has 206 valence electrons. The number of hydrogen-bond donors (Lipinski definition) is 2. The van der Waals surface area contributed by atoms with E-state index in [1.807, 2.05) is 0 Å². The Morgan fingerprint density at radius 2 is 1.67 bits per heavy atom. The lowest BCUT2D eigenvalue weighted by molar-refractivity contribution is -0.216. The smallest absolute Gasteiger partial charge is 0.340 e. The number of carbonyl (C=O) groups is 2. The minimum atomic E-state index is -1.40. The van der Waals surface area contributed by atoms with Crippen molar-refractivity contribution in [1.29, 1.82) is 0 Å². The first-order valence-corrected chi connectivity index (χ1v) is 12.4. The Bertz CT molecular complexity index is 792. The van der Waals surface area contributed by atoms with Gasteiger partial charge in [0.25, 0.3) is 0 Å². The molecular weight excluding hydrogens is 527 g/mol. The zero-order valence-corrected chi connectivity index (χ0v) is 23.4. The van der Waals surface area contributed by atoms with Crippen LogP contribution >= 0.6 is 37.2 Å². The molecular formula is C25H41Cl3N4O4. The highest BCUT2D eigenvalue weighted by Gasteiger charge is 2.45. The molecule has 8 nitrogen and oxygen atoms in total. The highest BCUT2D eigenvalue weighted by atomic mass is 35.5. The molecule has 0 saturated carbocycles. The van der Waals surface area contributed by atoms with Crippen LogP contribution in [0.1, 0.15) is 44.6 Å². The van der Waals surface area contributed by atoms with Crippen molar-refractivity contribution in [2.45, 2.75) is 63.6 Å². The fourth-order valence-corrected chi connectivity index (χ4v) is 5.67. The first-order valence-electron chi connectivity index (χ1n) is 12.4. The molecule has 0 spiro atoms. The summed E-state index contributed by atoms with van der Waals surface area (Å²) < 4.78 is 6.13. The number of carbonyl (C=O) groups excluding carboxylic acids is 1. The molecule has 3 aliphatic heterocycles. The lowest BCUT2D eigenvalue weighted by Crippen LogP contribution is -2.65. The van der Waals surface area contributed by atoms with E-state index < -0.39 is 23.6 Å². The number of carboxylic acid groups (broad SMARTS) is 1. The summed E-state index contributed by atoms with van der Waals surface area (Å²) in [5.41, 5.74) is 0.663. The molecule has 0 radical (unpaired) electrons. The van der Waals surface area contributed by atoms with Crippen LogP contribution in [0.5, 0.6) is 0 Å². The Labute approximate surface area is 233 Å². The lowest BCUT2D eigenvalue weighted by atomic mass is 9.97. The summed E-state index contributed by atoms with van der Waals surface area (Å²) in [4.78, 5) is 31.2. The lowest BCUT2D eigenvalue weighted by Gasteiger charge is -2.52. The number of Topliss-reactive ketones (excluding diaryl/α,β-unsaturated/α-hetero) is 1. The zero-order valence-electron chi connectivity index (χ0n) is 21.0. The number of ether oxygens (including phenoxy) is 1. The average molecular weight is 568 g/mol. The van der Waals surface area contributed by atoms with Gasteiger partial charge in [0, 0.05) is 45.6 Å². The van der Waals surface area contributed by atoms with E-state index in [0.29, 0.717) is 19.0 Å². The van der Waals surface area contributed by atoms with Gasteiger partial charge >= 0.3 is 5.97 Å². The Kier molecular flexibility index (Phi) is 14.2. The third-order valence-electron chi connectivity index (χ3n) is 7.44. The second-order valence-electron chi connectivity index (χ2n) is 9.60. The van der Waals surface area contributed by atoms with E-state index in [-0.39, 0.29) is 37.2 Å². The number of benzene rings is 1. The summed E-state index contributed by atoms with van der Waals surface area (Å²) >= 11 is 0. The maximum absolute atomic E-state index is 12.0. The van der Waals surface area contributed by atoms with E-state index in [9.17, 15) is 14.7 Å². The van der Waals surface area contributed by atoms with E-state index in [1.54, 1.807) is 0 Å². The third kappa shape index (κ3) is 8.01. The van der Waals surface area contributed by atoms with Gasteiger partial charge in [-0.25, -0.2) is 4.79 Å². The minimum Gasteiger partial charge on any atom is -0.479 e. The summed E-state index contributed by atoms with van der Waals surface area (Å²) in [5, 5.41) is 12.9. The molecule has 4 rings (SSSR count). The molecule has 1 aromatic carbocycles. The van der Waals surface area contributed by atoms with Gasteiger partial charge < -0.3 is 15.2 Å². The average Bonchev–Trinajstić information content (AvgIpc) is 2.84. The number of halogens is 3. The molecule has 3 saturated heterocycles. The van der Waals surface area contributed by atoms with E-state index in [1.165, 1.54) is 31.7 Å². The Morgan fingerprint density at radius 3 is 2.25 bits per heavy atom. The van der Waals surface area contributed by atoms with Crippen molar-refractivity contribution in [3.63, 3.8) is 0 Å². The van der Waals surface area contributed by atoms with Crippen LogP contribution in [0.3, 0.4) is 0 Å². The second-order valence-corrected chi connectivity index (χ2v) is 9.60. The molecule has 0 amide bonds. The summed E-state index contributed by atoms with van der Waals surface area (Å²) in [6, 6.07) is 10.7. The van der Waals surface area contributed by atoms with Crippen molar-refractivity contribution < 1.29 is 19.4 Å². The van der Waals surface area contributed by atoms with Crippen LogP contribution in [0.25, 0.3) is 0 Å². The number of nitrogens with one attached hydrogen (secondary N) is 1. The SMILES string of the molecule is CC(=O)C(OC1(N2CCN(C3CCCCN3Cc3ccccc3)CC2)CCNCC1)C(=O)O.Cl.Cl.Cl. The number of hydrogen-bond acceptors (Lipinski definition) is 7. The van der Waals surface area contributed by atoms with Crippen molar-refractivity contribution in [3.05, 3.63) is 35.9 Å². The van der Waals surface area contributed by atoms with Crippen LogP contribution in [0, 0.1) is 0 Å². The highest BCUT2D eigenvalue weighted by Crippen LogP contribution is 2.32. The topological polar surface area (TPSA) is 85.4 Å². The van der Waals surface area contributed by atoms with E-state index in [0.717, 1.165) is 52.4 Å². The van der Waals surface area contributed by atoms with Gasteiger partial charge in [-0.05, 0) is 51.4 Å². The molecule has 3 heterocycles. The molecule has 1 aromatic rings. The van der Waals surface area contributed by atoms with Crippen LogP contribution in [0.4, 0.5) is 0 Å². The molecule has 2 atom stereocenters. The summed E-state index contributed by atoms with van der Waals surface area (Å²) in [6.07, 6.45) is 4.10. The van der Waals surface area contributed by atoms with Gasteiger partial charge in [-0.1, -0.05) is 30.3 Å². The van der Waals surface area contributed by atoms with E-state index in [2.05, 4.69) is 50.3 Å². The number of nitrogens with zero attached hydrogens (tertiary/aromatic N) is 3. The number of piperazine rings is 1. The first kappa shape index (κ1) is 33.1. The van der Waals surface area contributed by atoms with Crippen molar-refractivity contribution in [2.24, 2.45) is 0 Å². The van der Waals surface area contributed by atoms with Crippen molar-refractivity contribution in [3.8, 4) is 0 Å². The number of likely N-dealkylation sites (tertiary alicyclic amines) is 1. The molecule has 2 N–H and O–H groups in total. The van der Waals surface area contributed by atoms with Crippen LogP contribution in [0.2, 0.25) is 0 Å². The molecule has 2 unspecified atom stereocenters. The van der Waals surface area contributed by atoms with Crippen LogP contribution < -0.4 is 5.32 Å².